The summed E-state index contributed by atoms with van der Waals surface area (Å²) in [4.78, 5) is 4.73. The van der Waals surface area contributed by atoms with Crippen molar-refractivity contribution in [1.29, 1.82) is 0 Å². The molecule has 21 heavy (non-hydrogen) atoms. The SMILES string of the molecule is CCNC(c1c(F)ccc(Br)c1F)C1CN2CCN1CC2. The molecule has 3 aliphatic rings. The molecule has 2 atom stereocenters. The van der Waals surface area contributed by atoms with Gasteiger partial charge in [0.15, 0.2) is 0 Å². The van der Waals surface area contributed by atoms with Gasteiger partial charge in [0, 0.05) is 44.3 Å². The Kier molecular flexibility index (Phi) is 4.59. The van der Waals surface area contributed by atoms with Crippen molar-refractivity contribution in [3.8, 4) is 0 Å². The summed E-state index contributed by atoms with van der Waals surface area (Å²) in [7, 11) is 0. The predicted molar refractivity (Wildman–Crippen MR) is 82.3 cm³/mol. The van der Waals surface area contributed by atoms with Crippen molar-refractivity contribution in [1.82, 2.24) is 15.1 Å². The molecule has 0 amide bonds. The molecule has 3 nitrogen and oxygen atoms in total. The van der Waals surface area contributed by atoms with E-state index >= 15 is 0 Å². The van der Waals surface area contributed by atoms with Crippen LogP contribution in [0.15, 0.2) is 16.6 Å². The van der Waals surface area contributed by atoms with E-state index in [1.807, 2.05) is 6.92 Å². The van der Waals surface area contributed by atoms with Crippen molar-refractivity contribution in [3.63, 3.8) is 0 Å². The van der Waals surface area contributed by atoms with Crippen LogP contribution in [0.5, 0.6) is 0 Å². The first-order valence-electron chi connectivity index (χ1n) is 7.45. The number of piperazine rings is 3. The van der Waals surface area contributed by atoms with E-state index in [0.29, 0.717) is 11.0 Å². The summed E-state index contributed by atoms with van der Waals surface area (Å²) in [5.74, 6) is -0.960. The van der Waals surface area contributed by atoms with Crippen LogP contribution in [0.2, 0.25) is 0 Å². The fraction of sp³-hybridized carbons (Fsp3) is 0.600. The lowest BCUT2D eigenvalue weighted by Crippen LogP contribution is -2.64. The molecule has 0 aromatic heterocycles. The smallest absolute Gasteiger partial charge is 0.145 e. The fourth-order valence-corrected chi connectivity index (χ4v) is 3.80. The first kappa shape index (κ1) is 15.3. The Labute approximate surface area is 132 Å². The van der Waals surface area contributed by atoms with Gasteiger partial charge in [-0.2, -0.15) is 0 Å². The molecule has 3 heterocycles. The second-order valence-corrected chi connectivity index (χ2v) is 6.55. The first-order valence-corrected chi connectivity index (χ1v) is 8.24. The predicted octanol–water partition coefficient (Wildman–Crippen LogP) is 2.38. The van der Waals surface area contributed by atoms with Crippen LogP contribution in [0.3, 0.4) is 0 Å². The molecule has 0 saturated carbocycles. The van der Waals surface area contributed by atoms with Gasteiger partial charge < -0.3 is 5.32 Å². The summed E-state index contributed by atoms with van der Waals surface area (Å²) in [6.07, 6.45) is 0. The summed E-state index contributed by atoms with van der Waals surface area (Å²) < 4.78 is 29.1. The minimum atomic E-state index is -0.487. The summed E-state index contributed by atoms with van der Waals surface area (Å²) in [6.45, 7) is 7.58. The number of nitrogens with zero attached hydrogens (tertiary/aromatic N) is 2. The van der Waals surface area contributed by atoms with Gasteiger partial charge in [-0.15, -0.1) is 0 Å². The third-order valence-electron chi connectivity index (χ3n) is 4.52. The Bertz CT molecular complexity index is 518. The van der Waals surface area contributed by atoms with Crippen molar-refractivity contribution in [2.75, 3.05) is 39.3 Å². The van der Waals surface area contributed by atoms with Gasteiger partial charge in [0.05, 0.1) is 10.5 Å². The van der Waals surface area contributed by atoms with Crippen molar-refractivity contribution >= 4 is 15.9 Å². The minimum absolute atomic E-state index is 0.116. The molecule has 1 N–H and O–H groups in total. The molecule has 2 unspecified atom stereocenters. The van der Waals surface area contributed by atoms with Crippen molar-refractivity contribution in [2.24, 2.45) is 0 Å². The molecule has 3 saturated heterocycles. The molecule has 6 heteroatoms. The Morgan fingerprint density at radius 2 is 2.00 bits per heavy atom. The maximum atomic E-state index is 14.5. The van der Waals surface area contributed by atoms with E-state index in [1.165, 1.54) is 12.1 Å². The quantitative estimate of drug-likeness (QED) is 0.832. The van der Waals surface area contributed by atoms with E-state index in [4.69, 9.17) is 0 Å². The van der Waals surface area contributed by atoms with Crippen molar-refractivity contribution in [3.05, 3.63) is 33.8 Å². The maximum absolute atomic E-state index is 14.5. The maximum Gasteiger partial charge on any atom is 0.145 e. The Hall–Kier alpha value is -0.560. The Balaban J connectivity index is 1.97. The zero-order valence-corrected chi connectivity index (χ0v) is 13.7. The van der Waals surface area contributed by atoms with Crippen LogP contribution in [-0.4, -0.2) is 55.1 Å². The number of hydrogen-bond acceptors (Lipinski definition) is 3. The van der Waals surface area contributed by atoms with E-state index in [1.54, 1.807) is 0 Å². The number of likely N-dealkylation sites (N-methyl/N-ethyl adjacent to an activating group) is 1. The monoisotopic (exact) mass is 359 g/mol. The lowest BCUT2D eigenvalue weighted by molar-refractivity contribution is -0.00449. The van der Waals surface area contributed by atoms with Crippen LogP contribution >= 0.6 is 15.9 Å². The van der Waals surface area contributed by atoms with Crippen molar-refractivity contribution < 1.29 is 8.78 Å². The topological polar surface area (TPSA) is 18.5 Å². The van der Waals surface area contributed by atoms with Gasteiger partial charge in [-0.05, 0) is 34.6 Å². The normalized spacial score (nSPS) is 29.6. The molecule has 1 aromatic carbocycles. The summed E-state index contributed by atoms with van der Waals surface area (Å²) >= 11 is 3.17. The highest BCUT2D eigenvalue weighted by Gasteiger charge is 2.39. The van der Waals surface area contributed by atoms with Gasteiger partial charge >= 0.3 is 0 Å². The highest BCUT2D eigenvalue weighted by atomic mass is 79.9. The molecule has 116 valence electrons. The zero-order chi connectivity index (χ0) is 15.0. The molecule has 1 aromatic rings. The lowest BCUT2D eigenvalue weighted by atomic mass is 9.93. The number of benzene rings is 1. The van der Waals surface area contributed by atoms with Crippen LogP contribution in [0.25, 0.3) is 0 Å². The molecule has 2 bridgehead atoms. The van der Waals surface area contributed by atoms with E-state index < -0.39 is 11.6 Å². The Morgan fingerprint density at radius 3 is 2.57 bits per heavy atom. The van der Waals surface area contributed by atoms with E-state index in [2.05, 4.69) is 31.0 Å². The van der Waals surface area contributed by atoms with Gasteiger partial charge in [0.2, 0.25) is 0 Å². The van der Waals surface area contributed by atoms with Crippen LogP contribution in [0.4, 0.5) is 8.78 Å². The highest BCUT2D eigenvalue weighted by Crippen LogP contribution is 2.33. The third-order valence-corrected chi connectivity index (χ3v) is 5.13. The average molecular weight is 360 g/mol. The summed E-state index contributed by atoms with van der Waals surface area (Å²) in [5.41, 5.74) is 0.157. The number of nitrogens with one attached hydrogen (secondary N) is 1. The molecular weight excluding hydrogens is 340 g/mol. The standard InChI is InChI=1S/C15H20BrF2N3/c1-2-19-15(12-9-20-5-7-21(12)8-6-20)13-11(17)4-3-10(16)14(13)18/h3-4,12,15,19H,2,5-9H2,1H3. The van der Waals surface area contributed by atoms with Crippen LogP contribution in [0, 0.1) is 11.6 Å². The van der Waals surface area contributed by atoms with Gasteiger partial charge in [-0.3, -0.25) is 9.80 Å². The Morgan fingerprint density at radius 1 is 1.29 bits per heavy atom. The van der Waals surface area contributed by atoms with Crippen molar-refractivity contribution in [2.45, 2.75) is 19.0 Å². The van der Waals surface area contributed by atoms with Crippen LogP contribution < -0.4 is 5.32 Å². The second kappa shape index (κ2) is 6.28. The number of fused-ring (bicyclic) bond motifs is 3. The average Bonchev–Trinajstić information content (AvgIpc) is 2.51. The van der Waals surface area contributed by atoms with E-state index in [-0.39, 0.29) is 17.6 Å². The zero-order valence-electron chi connectivity index (χ0n) is 12.1. The lowest BCUT2D eigenvalue weighted by Gasteiger charge is -2.50. The minimum Gasteiger partial charge on any atom is -0.309 e. The van der Waals surface area contributed by atoms with E-state index in [0.717, 1.165) is 32.7 Å². The molecule has 0 aliphatic carbocycles. The van der Waals surface area contributed by atoms with Crippen LogP contribution in [-0.2, 0) is 0 Å². The second-order valence-electron chi connectivity index (χ2n) is 5.70. The summed E-state index contributed by atoms with van der Waals surface area (Å²) in [6, 6.07) is 2.55. The molecule has 4 rings (SSSR count). The number of halogens is 3. The third kappa shape index (κ3) is 2.86. The molecule has 3 aliphatic heterocycles. The van der Waals surface area contributed by atoms with E-state index in [9.17, 15) is 8.78 Å². The molecular formula is C15H20BrF2N3. The molecule has 0 spiro atoms. The van der Waals surface area contributed by atoms with Crippen LogP contribution in [0.1, 0.15) is 18.5 Å². The summed E-state index contributed by atoms with van der Waals surface area (Å²) in [5, 5.41) is 3.29. The largest absolute Gasteiger partial charge is 0.309 e. The highest BCUT2D eigenvalue weighted by molar-refractivity contribution is 9.10. The first-order chi connectivity index (χ1) is 10.1. The number of rotatable bonds is 4. The van der Waals surface area contributed by atoms with Gasteiger partial charge in [-0.25, -0.2) is 8.78 Å². The van der Waals surface area contributed by atoms with Gasteiger partial charge in [0.25, 0.3) is 0 Å². The molecule has 0 radical (unpaired) electrons. The molecule has 3 fully saturated rings. The fourth-order valence-electron chi connectivity index (χ4n) is 3.45. The number of hydrogen-bond donors (Lipinski definition) is 1. The van der Waals surface area contributed by atoms with Gasteiger partial charge in [0.1, 0.15) is 11.6 Å². The van der Waals surface area contributed by atoms with Gasteiger partial charge in [-0.1, -0.05) is 6.92 Å².